The van der Waals surface area contributed by atoms with Crippen molar-refractivity contribution in [1.29, 1.82) is 0 Å². The number of halogens is 1. The number of hydrogen-bond acceptors (Lipinski definition) is 1. The third kappa shape index (κ3) is 2.12. The fourth-order valence-electron chi connectivity index (χ4n) is 3.02. The molecule has 1 aromatic rings. The quantitative estimate of drug-likeness (QED) is 0.761. The summed E-state index contributed by atoms with van der Waals surface area (Å²) in [6, 6.07) is 4.25. The lowest BCUT2D eigenvalue weighted by Gasteiger charge is -2.23. The largest absolute Gasteiger partial charge is 0.487 e. The van der Waals surface area contributed by atoms with E-state index in [0.717, 1.165) is 43.1 Å². The Bertz CT molecular complexity index is 464. The van der Waals surface area contributed by atoms with Crippen LogP contribution in [0.3, 0.4) is 0 Å². The number of hydrogen-bond donors (Lipinski definition) is 0. The molecular weight excluding hydrogens is 246 g/mol. The molecule has 0 amide bonds. The van der Waals surface area contributed by atoms with E-state index in [0.29, 0.717) is 5.92 Å². The maximum atomic E-state index is 6.60. The normalized spacial score (nSPS) is 22.6. The first-order valence-electron chi connectivity index (χ1n) is 6.70. The number of rotatable bonds is 1. The summed E-state index contributed by atoms with van der Waals surface area (Å²) in [6.45, 7) is 6.17. The van der Waals surface area contributed by atoms with E-state index in [1.807, 2.05) is 0 Å². The first kappa shape index (κ1) is 12.3. The first-order chi connectivity index (χ1) is 8.57. The molecule has 2 aliphatic rings. The molecule has 2 aliphatic heterocycles. The minimum Gasteiger partial charge on any atom is -0.487 e. The Kier molecular flexibility index (Phi) is 3.03. The van der Waals surface area contributed by atoms with Gasteiger partial charge >= 0.3 is 0 Å². The van der Waals surface area contributed by atoms with Gasteiger partial charge in [0, 0.05) is 25.1 Å². The Morgan fingerprint density at radius 2 is 2.00 bits per heavy atom. The van der Waals surface area contributed by atoms with Crippen molar-refractivity contribution in [3.8, 4) is 5.75 Å². The van der Waals surface area contributed by atoms with Crippen LogP contribution in [0.2, 0.25) is 5.02 Å². The van der Waals surface area contributed by atoms with Gasteiger partial charge in [-0.15, -0.1) is 0 Å². The SMILES string of the molecule is CC1(C)Cc2c(ccc(C3CC[N]CC3)c2Cl)O1. The Labute approximate surface area is 114 Å². The van der Waals surface area contributed by atoms with Gasteiger partial charge in [0.2, 0.25) is 0 Å². The second kappa shape index (κ2) is 4.43. The topological polar surface area (TPSA) is 23.3 Å². The summed E-state index contributed by atoms with van der Waals surface area (Å²) in [5, 5.41) is 5.35. The maximum absolute atomic E-state index is 6.60. The maximum Gasteiger partial charge on any atom is 0.124 e. The van der Waals surface area contributed by atoms with E-state index in [-0.39, 0.29) is 5.60 Å². The van der Waals surface area contributed by atoms with Crippen LogP contribution in [-0.4, -0.2) is 18.7 Å². The Hall–Kier alpha value is -0.730. The summed E-state index contributed by atoms with van der Waals surface area (Å²) in [5.41, 5.74) is 2.38. The van der Waals surface area contributed by atoms with Gasteiger partial charge in [0.1, 0.15) is 11.4 Å². The number of ether oxygens (including phenoxy) is 1. The number of fused-ring (bicyclic) bond motifs is 1. The molecule has 1 radical (unpaired) electrons. The molecule has 18 heavy (non-hydrogen) atoms. The summed E-state index contributed by atoms with van der Waals surface area (Å²) in [4.78, 5) is 0. The van der Waals surface area contributed by atoms with Crippen LogP contribution in [0, 0.1) is 0 Å². The van der Waals surface area contributed by atoms with Crippen LogP contribution in [0.5, 0.6) is 5.75 Å². The van der Waals surface area contributed by atoms with Crippen LogP contribution in [0.25, 0.3) is 0 Å². The molecule has 0 unspecified atom stereocenters. The van der Waals surface area contributed by atoms with E-state index < -0.39 is 0 Å². The Morgan fingerprint density at radius 3 is 2.72 bits per heavy atom. The monoisotopic (exact) mass is 264 g/mol. The van der Waals surface area contributed by atoms with Crippen molar-refractivity contribution in [1.82, 2.24) is 5.32 Å². The van der Waals surface area contributed by atoms with Crippen molar-refractivity contribution in [2.45, 2.75) is 44.6 Å². The zero-order valence-corrected chi connectivity index (χ0v) is 11.8. The van der Waals surface area contributed by atoms with Crippen molar-refractivity contribution in [2.24, 2.45) is 0 Å². The summed E-state index contributed by atoms with van der Waals surface area (Å²) in [7, 11) is 0. The molecule has 1 saturated heterocycles. The predicted octanol–water partition coefficient (Wildman–Crippen LogP) is 3.54. The smallest absolute Gasteiger partial charge is 0.124 e. The third-order valence-electron chi connectivity index (χ3n) is 3.93. The average molecular weight is 265 g/mol. The molecule has 3 heteroatoms. The summed E-state index contributed by atoms with van der Waals surface area (Å²) in [5.74, 6) is 1.54. The van der Waals surface area contributed by atoms with Gasteiger partial charge in [-0.05, 0) is 44.2 Å². The highest BCUT2D eigenvalue weighted by atomic mass is 35.5. The minimum atomic E-state index is -0.119. The highest BCUT2D eigenvalue weighted by molar-refractivity contribution is 6.32. The summed E-state index contributed by atoms with van der Waals surface area (Å²) < 4.78 is 5.91. The molecule has 1 fully saturated rings. The zero-order valence-electron chi connectivity index (χ0n) is 11.0. The molecule has 0 aromatic heterocycles. The van der Waals surface area contributed by atoms with Gasteiger partial charge in [-0.3, -0.25) is 0 Å². The second-order valence-corrected chi connectivity index (χ2v) is 6.31. The fourth-order valence-corrected chi connectivity index (χ4v) is 3.40. The lowest BCUT2D eigenvalue weighted by atomic mass is 9.88. The number of nitrogens with zero attached hydrogens (tertiary/aromatic N) is 1. The number of benzene rings is 1. The molecular formula is C15H19ClNO. The average Bonchev–Trinajstić information content (AvgIpc) is 2.66. The molecule has 3 rings (SSSR count). The lowest BCUT2D eigenvalue weighted by molar-refractivity contribution is 0.138. The second-order valence-electron chi connectivity index (χ2n) is 5.93. The molecule has 1 aromatic carbocycles. The van der Waals surface area contributed by atoms with E-state index in [9.17, 15) is 0 Å². The lowest BCUT2D eigenvalue weighted by Crippen LogP contribution is -2.24. The van der Waals surface area contributed by atoms with E-state index >= 15 is 0 Å². The van der Waals surface area contributed by atoms with Crippen LogP contribution in [-0.2, 0) is 6.42 Å². The van der Waals surface area contributed by atoms with Crippen LogP contribution in [0.4, 0.5) is 0 Å². The molecule has 2 heterocycles. The van der Waals surface area contributed by atoms with Gasteiger partial charge in [-0.2, -0.15) is 0 Å². The highest BCUT2D eigenvalue weighted by Gasteiger charge is 2.33. The molecule has 0 aliphatic carbocycles. The van der Waals surface area contributed by atoms with Crippen molar-refractivity contribution in [2.75, 3.05) is 13.1 Å². The molecule has 0 atom stereocenters. The van der Waals surface area contributed by atoms with Gasteiger partial charge in [0.25, 0.3) is 0 Å². The van der Waals surface area contributed by atoms with Crippen LogP contribution < -0.4 is 10.1 Å². The van der Waals surface area contributed by atoms with Gasteiger partial charge in [0.05, 0.1) is 5.02 Å². The van der Waals surface area contributed by atoms with Crippen molar-refractivity contribution < 1.29 is 4.74 Å². The highest BCUT2D eigenvalue weighted by Crippen LogP contribution is 2.43. The fraction of sp³-hybridized carbons (Fsp3) is 0.600. The Balaban J connectivity index is 1.94. The summed E-state index contributed by atoms with van der Waals surface area (Å²) >= 11 is 6.60. The van der Waals surface area contributed by atoms with Crippen LogP contribution in [0.15, 0.2) is 12.1 Å². The van der Waals surface area contributed by atoms with Crippen LogP contribution >= 0.6 is 11.6 Å². The molecule has 0 spiro atoms. The van der Waals surface area contributed by atoms with Gasteiger partial charge in [-0.25, -0.2) is 5.32 Å². The van der Waals surface area contributed by atoms with Gasteiger partial charge in [0.15, 0.2) is 0 Å². The van der Waals surface area contributed by atoms with E-state index in [1.165, 1.54) is 11.1 Å². The van der Waals surface area contributed by atoms with E-state index in [2.05, 4.69) is 31.3 Å². The third-order valence-corrected chi connectivity index (χ3v) is 4.38. The first-order valence-corrected chi connectivity index (χ1v) is 7.08. The molecule has 0 bridgehead atoms. The van der Waals surface area contributed by atoms with Crippen molar-refractivity contribution in [3.05, 3.63) is 28.3 Å². The molecule has 0 saturated carbocycles. The molecule has 2 nitrogen and oxygen atoms in total. The van der Waals surface area contributed by atoms with Crippen LogP contribution in [0.1, 0.15) is 43.7 Å². The van der Waals surface area contributed by atoms with Crippen molar-refractivity contribution >= 4 is 11.6 Å². The zero-order chi connectivity index (χ0) is 12.8. The Morgan fingerprint density at radius 1 is 1.28 bits per heavy atom. The van der Waals surface area contributed by atoms with Gasteiger partial charge in [-0.1, -0.05) is 17.7 Å². The molecule has 0 N–H and O–H groups in total. The van der Waals surface area contributed by atoms with Crippen molar-refractivity contribution in [3.63, 3.8) is 0 Å². The van der Waals surface area contributed by atoms with Gasteiger partial charge < -0.3 is 4.74 Å². The van der Waals surface area contributed by atoms with E-state index in [4.69, 9.17) is 16.3 Å². The summed E-state index contributed by atoms with van der Waals surface area (Å²) in [6.07, 6.45) is 3.16. The molecule has 97 valence electrons. The van der Waals surface area contributed by atoms with E-state index in [1.54, 1.807) is 0 Å². The minimum absolute atomic E-state index is 0.119. The number of piperidine rings is 1. The predicted molar refractivity (Wildman–Crippen MR) is 73.7 cm³/mol. The standard InChI is InChI=1S/C15H19ClNO/c1-15(2)9-12-13(18-15)4-3-11(14(12)16)10-5-7-17-8-6-10/h3-4,10H,5-9H2,1-2H3.